The van der Waals surface area contributed by atoms with Gasteiger partial charge in [-0.15, -0.1) is 0 Å². The van der Waals surface area contributed by atoms with Gasteiger partial charge in [-0.3, -0.25) is 14.5 Å². The number of hydrogen-bond acceptors (Lipinski definition) is 4. The Balaban J connectivity index is 1.48. The summed E-state index contributed by atoms with van der Waals surface area (Å²) in [4.78, 5) is 26.6. The number of benzene rings is 1. The Kier molecular flexibility index (Phi) is 6.65. The number of rotatable bonds is 9. The first-order chi connectivity index (χ1) is 15.1. The summed E-state index contributed by atoms with van der Waals surface area (Å²) < 4.78 is 3.92. The summed E-state index contributed by atoms with van der Waals surface area (Å²) in [7, 11) is 2.02. The molecule has 1 aliphatic rings. The molecule has 2 amide bonds. The largest absolute Gasteiger partial charge is 0.355 e. The second-order valence-electron chi connectivity index (χ2n) is 7.83. The minimum absolute atomic E-state index is 0.0294. The molecule has 1 aromatic carbocycles. The van der Waals surface area contributed by atoms with E-state index in [0.29, 0.717) is 25.3 Å². The minimum Gasteiger partial charge on any atom is -0.355 e. The maximum absolute atomic E-state index is 12.6. The lowest BCUT2D eigenvalue weighted by molar-refractivity contribution is -0.124. The predicted molar refractivity (Wildman–Crippen MR) is 126 cm³/mol. The van der Waals surface area contributed by atoms with E-state index in [4.69, 9.17) is 5.10 Å². The zero-order chi connectivity index (χ0) is 21.8. The van der Waals surface area contributed by atoms with Crippen LogP contribution in [-0.4, -0.2) is 50.8 Å². The maximum Gasteiger partial charge on any atom is 0.240 e. The molecule has 0 saturated heterocycles. The van der Waals surface area contributed by atoms with Gasteiger partial charge in [0.15, 0.2) is 0 Å². The number of fused-ring (bicyclic) bond motifs is 2. The third kappa shape index (κ3) is 4.63. The number of nitrogens with one attached hydrogen (secondary N) is 1. The minimum atomic E-state index is -0.129. The van der Waals surface area contributed by atoms with Gasteiger partial charge in [0.25, 0.3) is 0 Å². The Labute approximate surface area is 186 Å². The molecule has 1 aliphatic heterocycles. The van der Waals surface area contributed by atoms with Crippen LogP contribution in [0.2, 0.25) is 0 Å². The van der Waals surface area contributed by atoms with Gasteiger partial charge >= 0.3 is 0 Å². The molecule has 0 saturated carbocycles. The standard InChI is InChI=1S/C23H29N5O2S/c1-3-12-31-13-6-10-24-21(29)16-27-22-14-19(25-28(22)11-9-23(27)30)18-15-26(2)20-8-5-4-7-17(18)20/h4-5,7-8,14-15H,3,6,9-13,16H2,1-2H3,(H,24,29). The summed E-state index contributed by atoms with van der Waals surface area (Å²) in [5.41, 5.74) is 2.98. The molecule has 164 valence electrons. The zero-order valence-electron chi connectivity index (χ0n) is 18.1. The summed E-state index contributed by atoms with van der Waals surface area (Å²) in [6.45, 7) is 3.37. The summed E-state index contributed by atoms with van der Waals surface area (Å²) in [5, 5.41) is 8.82. The van der Waals surface area contributed by atoms with Crippen LogP contribution in [0.3, 0.4) is 0 Å². The van der Waals surface area contributed by atoms with Crippen molar-refractivity contribution < 1.29 is 9.59 Å². The Morgan fingerprint density at radius 2 is 2.10 bits per heavy atom. The smallest absolute Gasteiger partial charge is 0.240 e. The van der Waals surface area contributed by atoms with Gasteiger partial charge in [-0.1, -0.05) is 25.1 Å². The van der Waals surface area contributed by atoms with Gasteiger partial charge in [-0.25, -0.2) is 4.68 Å². The van der Waals surface area contributed by atoms with Gasteiger partial charge in [-0.05, 0) is 30.4 Å². The summed E-state index contributed by atoms with van der Waals surface area (Å²) in [6, 6.07) is 10.1. The van der Waals surface area contributed by atoms with Crippen molar-refractivity contribution in [3.05, 3.63) is 36.5 Å². The molecule has 7 nitrogen and oxygen atoms in total. The molecule has 0 radical (unpaired) electrons. The van der Waals surface area contributed by atoms with E-state index in [-0.39, 0.29) is 18.4 Å². The van der Waals surface area contributed by atoms with Crippen LogP contribution in [0.5, 0.6) is 0 Å². The third-order valence-corrected chi connectivity index (χ3v) is 6.76. The van der Waals surface area contributed by atoms with Crippen molar-refractivity contribution in [1.29, 1.82) is 0 Å². The van der Waals surface area contributed by atoms with Gasteiger partial charge in [0.2, 0.25) is 11.8 Å². The molecule has 0 spiro atoms. The molecule has 1 N–H and O–H groups in total. The molecule has 31 heavy (non-hydrogen) atoms. The Morgan fingerprint density at radius 1 is 1.26 bits per heavy atom. The number of anilines is 1. The zero-order valence-corrected chi connectivity index (χ0v) is 19.0. The molecule has 0 atom stereocenters. The van der Waals surface area contributed by atoms with E-state index in [1.54, 1.807) is 4.90 Å². The molecule has 2 aromatic heterocycles. The van der Waals surface area contributed by atoms with Gasteiger partial charge in [0.05, 0.1) is 12.2 Å². The highest BCUT2D eigenvalue weighted by atomic mass is 32.2. The first-order valence-corrected chi connectivity index (χ1v) is 12.0. The van der Waals surface area contributed by atoms with Crippen molar-refractivity contribution in [2.75, 3.05) is 29.5 Å². The number of hydrogen-bond donors (Lipinski definition) is 1. The third-order valence-electron chi connectivity index (χ3n) is 5.48. The van der Waals surface area contributed by atoms with Crippen molar-refractivity contribution in [1.82, 2.24) is 19.7 Å². The highest BCUT2D eigenvalue weighted by Gasteiger charge is 2.28. The van der Waals surface area contributed by atoms with E-state index in [0.717, 1.165) is 40.1 Å². The number of carbonyl (C=O) groups is 2. The van der Waals surface area contributed by atoms with E-state index in [9.17, 15) is 9.59 Å². The predicted octanol–water partition coefficient (Wildman–Crippen LogP) is 3.43. The average molecular weight is 440 g/mol. The molecule has 0 fully saturated rings. The lowest BCUT2D eigenvalue weighted by atomic mass is 10.1. The van der Waals surface area contributed by atoms with Gasteiger partial charge in [0.1, 0.15) is 12.4 Å². The van der Waals surface area contributed by atoms with E-state index in [2.05, 4.69) is 35.1 Å². The Morgan fingerprint density at radius 3 is 2.94 bits per heavy atom. The summed E-state index contributed by atoms with van der Waals surface area (Å²) in [6.07, 6.45) is 4.52. The van der Waals surface area contributed by atoms with Crippen LogP contribution in [0.4, 0.5) is 5.82 Å². The molecular weight excluding hydrogens is 410 g/mol. The first kappa shape index (κ1) is 21.5. The molecule has 0 bridgehead atoms. The molecule has 0 unspecified atom stereocenters. The molecular formula is C23H29N5O2S. The SMILES string of the molecule is CCCSCCCNC(=O)CN1C(=O)CCn2nc(-c3cn(C)c4ccccc34)cc21. The van der Waals surface area contributed by atoms with Crippen molar-refractivity contribution >= 4 is 40.3 Å². The monoisotopic (exact) mass is 439 g/mol. The van der Waals surface area contributed by atoms with Gasteiger partial charge in [-0.2, -0.15) is 16.9 Å². The van der Waals surface area contributed by atoms with Gasteiger partial charge < -0.3 is 9.88 Å². The van der Waals surface area contributed by atoms with Crippen LogP contribution < -0.4 is 10.2 Å². The van der Waals surface area contributed by atoms with Crippen molar-refractivity contribution in [3.8, 4) is 11.3 Å². The fourth-order valence-corrected chi connectivity index (χ4v) is 4.79. The fourth-order valence-electron chi connectivity index (χ4n) is 3.95. The maximum atomic E-state index is 12.6. The van der Waals surface area contributed by atoms with Crippen molar-refractivity contribution in [2.24, 2.45) is 7.05 Å². The Hall–Kier alpha value is -2.74. The van der Waals surface area contributed by atoms with Crippen LogP contribution >= 0.6 is 11.8 Å². The molecule has 4 rings (SSSR count). The molecule has 8 heteroatoms. The van der Waals surface area contributed by atoms with Crippen molar-refractivity contribution in [3.63, 3.8) is 0 Å². The molecule has 0 aliphatic carbocycles. The molecule has 3 aromatic rings. The van der Waals surface area contributed by atoms with E-state index >= 15 is 0 Å². The summed E-state index contributed by atoms with van der Waals surface area (Å²) >= 11 is 1.91. The van der Waals surface area contributed by atoms with Crippen LogP contribution in [0.15, 0.2) is 36.5 Å². The quantitative estimate of drug-likeness (QED) is 0.519. The topological polar surface area (TPSA) is 72.2 Å². The normalized spacial score (nSPS) is 13.6. The van der Waals surface area contributed by atoms with E-state index < -0.39 is 0 Å². The van der Waals surface area contributed by atoms with Crippen LogP contribution in [0.1, 0.15) is 26.2 Å². The number of thioether (sulfide) groups is 1. The number of nitrogens with zero attached hydrogens (tertiary/aromatic N) is 4. The van der Waals surface area contributed by atoms with Gasteiger partial charge in [0, 0.05) is 48.7 Å². The van der Waals surface area contributed by atoms with Crippen LogP contribution in [-0.2, 0) is 23.2 Å². The number of aromatic nitrogens is 3. The van der Waals surface area contributed by atoms with Crippen LogP contribution in [0.25, 0.3) is 22.2 Å². The number of amides is 2. The van der Waals surface area contributed by atoms with E-state index in [1.165, 1.54) is 6.42 Å². The number of aryl methyl sites for hydroxylation is 2. The number of carbonyl (C=O) groups excluding carboxylic acids is 2. The highest BCUT2D eigenvalue weighted by molar-refractivity contribution is 7.99. The Bertz CT molecular complexity index is 1090. The first-order valence-electron chi connectivity index (χ1n) is 10.9. The van der Waals surface area contributed by atoms with E-state index in [1.807, 2.05) is 41.7 Å². The summed E-state index contributed by atoms with van der Waals surface area (Å²) in [5.74, 6) is 2.71. The highest BCUT2D eigenvalue weighted by Crippen LogP contribution is 2.33. The molecule has 3 heterocycles. The lowest BCUT2D eigenvalue weighted by Crippen LogP contribution is -2.44. The number of para-hydroxylation sites is 1. The van der Waals surface area contributed by atoms with Crippen LogP contribution in [0, 0.1) is 0 Å². The fraction of sp³-hybridized carbons (Fsp3) is 0.435. The lowest BCUT2D eigenvalue weighted by Gasteiger charge is -2.26. The average Bonchev–Trinajstić information content (AvgIpc) is 3.34. The second kappa shape index (κ2) is 9.60. The van der Waals surface area contributed by atoms with Crippen molar-refractivity contribution in [2.45, 2.75) is 32.7 Å². The second-order valence-corrected chi connectivity index (χ2v) is 9.05.